The summed E-state index contributed by atoms with van der Waals surface area (Å²) in [4.78, 5) is 0. The molecule has 1 aliphatic carbocycles. The maximum Gasteiger partial charge on any atom is 0.0895 e. The van der Waals surface area contributed by atoms with Crippen molar-refractivity contribution in [2.24, 2.45) is 5.92 Å². The van der Waals surface area contributed by atoms with Crippen LogP contribution in [0.25, 0.3) is 0 Å². The highest BCUT2D eigenvalue weighted by molar-refractivity contribution is 4.80. The average molecular weight is 187 g/mol. The first kappa shape index (κ1) is 11.0. The molecule has 3 nitrogen and oxygen atoms in total. The molecule has 0 aliphatic heterocycles. The maximum atomic E-state index is 9.13. The van der Waals surface area contributed by atoms with Crippen LogP contribution in [0, 0.1) is 5.92 Å². The van der Waals surface area contributed by atoms with E-state index in [1.165, 1.54) is 25.7 Å². The van der Waals surface area contributed by atoms with Crippen LogP contribution in [-0.4, -0.2) is 35.5 Å². The predicted molar refractivity (Wildman–Crippen MR) is 52.5 cm³/mol. The first-order valence-electron chi connectivity index (χ1n) is 5.28. The molecule has 78 valence electrons. The van der Waals surface area contributed by atoms with Gasteiger partial charge in [-0.15, -0.1) is 0 Å². The third-order valence-electron chi connectivity index (χ3n) is 2.97. The SMILES string of the molecule is CCC1CCC(NCC(O)CO)C1. The molecule has 3 heteroatoms. The van der Waals surface area contributed by atoms with Crippen molar-refractivity contribution >= 4 is 0 Å². The Balaban J connectivity index is 2.10. The quantitative estimate of drug-likeness (QED) is 0.588. The summed E-state index contributed by atoms with van der Waals surface area (Å²) in [6.45, 7) is 2.62. The molecule has 13 heavy (non-hydrogen) atoms. The third kappa shape index (κ3) is 3.63. The predicted octanol–water partition coefficient (Wildman–Crippen LogP) is 0.508. The van der Waals surface area contributed by atoms with E-state index in [-0.39, 0.29) is 6.61 Å². The van der Waals surface area contributed by atoms with Crippen molar-refractivity contribution in [3.63, 3.8) is 0 Å². The summed E-state index contributed by atoms with van der Waals surface area (Å²) in [5.74, 6) is 0.865. The monoisotopic (exact) mass is 187 g/mol. The smallest absolute Gasteiger partial charge is 0.0895 e. The van der Waals surface area contributed by atoms with Gasteiger partial charge in [0.15, 0.2) is 0 Å². The summed E-state index contributed by atoms with van der Waals surface area (Å²) in [5.41, 5.74) is 0. The van der Waals surface area contributed by atoms with E-state index in [9.17, 15) is 0 Å². The number of hydrogen-bond donors (Lipinski definition) is 3. The van der Waals surface area contributed by atoms with Gasteiger partial charge < -0.3 is 15.5 Å². The number of aliphatic hydroxyl groups is 2. The first-order chi connectivity index (χ1) is 6.26. The Morgan fingerprint density at radius 1 is 1.46 bits per heavy atom. The van der Waals surface area contributed by atoms with Crippen LogP contribution in [0.15, 0.2) is 0 Å². The number of hydrogen-bond acceptors (Lipinski definition) is 3. The lowest BCUT2D eigenvalue weighted by Gasteiger charge is -2.14. The molecule has 0 bridgehead atoms. The molecule has 0 aromatic carbocycles. The van der Waals surface area contributed by atoms with Gasteiger partial charge in [-0.05, 0) is 25.2 Å². The normalized spacial score (nSPS) is 30.7. The highest BCUT2D eigenvalue weighted by atomic mass is 16.3. The van der Waals surface area contributed by atoms with Gasteiger partial charge in [0.25, 0.3) is 0 Å². The van der Waals surface area contributed by atoms with Crippen molar-refractivity contribution in [3.8, 4) is 0 Å². The Hall–Kier alpha value is -0.120. The summed E-state index contributed by atoms with van der Waals surface area (Å²) >= 11 is 0. The zero-order valence-electron chi connectivity index (χ0n) is 8.37. The molecule has 0 amide bonds. The van der Waals surface area contributed by atoms with Crippen LogP contribution in [0.1, 0.15) is 32.6 Å². The van der Waals surface area contributed by atoms with Gasteiger partial charge in [-0.1, -0.05) is 13.3 Å². The first-order valence-corrected chi connectivity index (χ1v) is 5.28. The lowest BCUT2D eigenvalue weighted by molar-refractivity contribution is 0.0919. The van der Waals surface area contributed by atoms with Crippen molar-refractivity contribution < 1.29 is 10.2 Å². The fraction of sp³-hybridized carbons (Fsp3) is 1.00. The van der Waals surface area contributed by atoms with E-state index in [1.807, 2.05) is 0 Å². The largest absolute Gasteiger partial charge is 0.394 e. The minimum atomic E-state index is -0.597. The second-order valence-electron chi connectivity index (χ2n) is 4.03. The zero-order chi connectivity index (χ0) is 9.68. The van der Waals surface area contributed by atoms with E-state index in [2.05, 4.69) is 12.2 Å². The maximum absolute atomic E-state index is 9.13. The number of rotatable bonds is 5. The van der Waals surface area contributed by atoms with Crippen LogP contribution in [0.3, 0.4) is 0 Å². The van der Waals surface area contributed by atoms with Crippen LogP contribution < -0.4 is 5.32 Å². The molecule has 0 aromatic heterocycles. The van der Waals surface area contributed by atoms with Crippen molar-refractivity contribution in [2.75, 3.05) is 13.2 Å². The highest BCUT2D eigenvalue weighted by Crippen LogP contribution is 2.27. The van der Waals surface area contributed by atoms with Crippen molar-refractivity contribution in [1.82, 2.24) is 5.32 Å². The Kier molecular flexibility index (Phi) is 4.70. The van der Waals surface area contributed by atoms with Gasteiger partial charge in [-0.2, -0.15) is 0 Å². The molecule has 0 spiro atoms. The van der Waals surface area contributed by atoms with Gasteiger partial charge in [-0.3, -0.25) is 0 Å². The van der Waals surface area contributed by atoms with E-state index in [1.54, 1.807) is 0 Å². The lowest BCUT2D eigenvalue weighted by atomic mass is 10.1. The van der Waals surface area contributed by atoms with Crippen molar-refractivity contribution in [2.45, 2.75) is 44.8 Å². The van der Waals surface area contributed by atoms with Crippen molar-refractivity contribution in [3.05, 3.63) is 0 Å². The molecular weight excluding hydrogens is 166 g/mol. The summed E-state index contributed by atoms with van der Waals surface area (Å²) < 4.78 is 0. The number of nitrogens with one attached hydrogen (secondary N) is 1. The molecule has 1 aliphatic rings. The van der Waals surface area contributed by atoms with E-state index in [0.717, 1.165) is 5.92 Å². The van der Waals surface area contributed by atoms with E-state index >= 15 is 0 Å². The van der Waals surface area contributed by atoms with Gasteiger partial charge in [0, 0.05) is 12.6 Å². The Labute approximate surface area is 80.2 Å². The second-order valence-corrected chi connectivity index (χ2v) is 4.03. The summed E-state index contributed by atoms with van der Waals surface area (Å²) in [7, 11) is 0. The third-order valence-corrected chi connectivity index (χ3v) is 2.97. The van der Waals surface area contributed by atoms with Crippen LogP contribution >= 0.6 is 0 Å². The Morgan fingerprint density at radius 3 is 2.77 bits per heavy atom. The minimum Gasteiger partial charge on any atom is -0.394 e. The molecule has 1 saturated carbocycles. The van der Waals surface area contributed by atoms with E-state index in [0.29, 0.717) is 12.6 Å². The summed E-state index contributed by atoms with van der Waals surface area (Å²) in [6.07, 6.45) is 4.43. The van der Waals surface area contributed by atoms with Crippen LogP contribution in [0.2, 0.25) is 0 Å². The molecule has 0 aromatic rings. The lowest BCUT2D eigenvalue weighted by Crippen LogP contribution is -2.35. The van der Waals surface area contributed by atoms with Gasteiger partial charge in [0.05, 0.1) is 12.7 Å². The zero-order valence-corrected chi connectivity index (χ0v) is 8.37. The molecule has 0 heterocycles. The Morgan fingerprint density at radius 2 is 2.23 bits per heavy atom. The molecular formula is C10H21NO2. The van der Waals surface area contributed by atoms with Crippen LogP contribution in [-0.2, 0) is 0 Å². The van der Waals surface area contributed by atoms with Gasteiger partial charge >= 0.3 is 0 Å². The number of aliphatic hydroxyl groups excluding tert-OH is 2. The average Bonchev–Trinajstić information content (AvgIpc) is 2.61. The van der Waals surface area contributed by atoms with Crippen molar-refractivity contribution in [1.29, 1.82) is 0 Å². The second kappa shape index (κ2) is 5.58. The summed E-state index contributed by atoms with van der Waals surface area (Å²) in [5, 5.41) is 21.0. The molecule has 3 unspecified atom stereocenters. The van der Waals surface area contributed by atoms with Gasteiger partial charge in [0.1, 0.15) is 0 Å². The Bertz CT molecular complexity index is 141. The van der Waals surface area contributed by atoms with Crippen LogP contribution in [0.5, 0.6) is 0 Å². The van der Waals surface area contributed by atoms with Gasteiger partial charge in [-0.25, -0.2) is 0 Å². The summed E-state index contributed by atoms with van der Waals surface area (Å²) in [6, 6.07) is 0.561. The van der Waals surface area contributed by atoms with E-state index in [4.69, 9.17) is 10.2 Å². The van der Waals surface area contributed by atoms with Crippen LogP contribution in [0.4, 0.5) is 0 Å². The molecule has 0 saturated heterocycles. The molecule has 0 radical (unpaired) electrons. The standard InChI is InChI=1S/C10H21NO2/c1-2-8-3-4-9(5-8)11-6-10(13)7-12/h8-13H,2-7H2,1H3. The fourth-order valence-electron chi connectivity index (χ4n) is 2.00. The minimum absolute atomic E-state index is 0.142. The van der Waals surface area contributed by atoms with E-state index < -0.39 is 6.10 Å². The molecule has 3 atom stereocenters. The molecule has 3 N–H and O–H groups in total. The van der Waals surface area contributed by atoms with Gasteiger partial charge in [0.2, 0.25) is 0 Å². The topological polar surface area (TPSA) is 52.5 Å². The fourth-order valence-corrected chi connectivity index (χ4v) is 2.00. The molecule has 1 fully saturated rings. The highest BCUT2D eigenvalue weighted by Gasteiger charge is 2.22. The molecule has 1 rings (SSSR count).